The largest absolute Gasteiger partial charge is 0.354 e. The minimum Gasteiger partial charge on any atom is -0.354 e. The van der Waals surface area contributed by atoms with Gasteiger partial charge in [-0.25, -0.2) is 0 Å². The Balaban J connectivity index is 1.71. The van der Waals surface area contributed by atoms with Crippen LogP contribution in [0.1, 0.15) is 44.1 Å². The van der Waals surface area contributed by atoms with Crippen LogP contribution in [0.2, 0.25) is 0 Å². The first-order valence-corrected chi connectivity index (χ1v) is 8.76. The fourth-order valence-electron chi connectivity index (χ4n) is 3.73. The van der Waals surface area contributed by atoms with E-state index in [9.17, 15) is 4.79 Å². The van der Waals surface area contributed by atoms with Gasteiger partial charge >= 0.3 is 0 Å². The van der Waals surface area contributed by atoms with Gasteiger partial charge in [-0.15, -0.1) is 0 Å². The number of nitrogens with one attached hydrogen (secondary N) is 2. The smallest absolute Gasteiger partial charge is 0.237 e. The van der Waals surface area contributed by atoms with Crippen LogP contribution in [-0.4, -0.2) is 25.0 Å². The van der Waals surface area contributed by atoms with Gasteiger partial charge in [-0.2, -0.15) is 0 Å². The lowest BCUT2D eigenvalue weighted by Crippen LogP contribution is -2.46. The summed E-state index contributed by atoms with van der Waals surface area (Å²) in [6.07, 6.45) is 6.92. The van der Waals surface area contributed by atoms with E-state index in [1.807, 2.05) is 0 Å². The van der Waals surface area contributed by atoms with Crippen LogP contribution in [0.15, 0.2) is 28.7 Å². The molecule has 1 aromatic rings. The fraction of sp³-hybridized carbons (Fsp3) is 0.588. The molecule has 1 aromatic carbocycles. The molecule has 1 amide bonds. The van der Waals surface area contributed by atoms with Crippen LogP contribution in [-0.2, 0) is 10.2 Å². The van der Waals surface area contributed by atoms with Gasteiger partial charge < -0.3 is 10.6 Å². The van der Waals surface area contributed by atoms with E-state index in [0.717, 1.165) is 30.4 Å². The van der Waals surface area contributed by atoms with E-state index in [-0.39, 0.29) is 17.4 Å². The lowest BCUT2D eigenvalue weighted by Gasteiger charge is -2.30. The summed E-state index contributed by atoms with van der Waals surface area (Å²) < 4.78 is 1.12. The summed E-state index contributed by atoms with van der Waals surface area (Å²) in [6.45, 7) is 1.73. The van der Waals surface area contributed by atoms with E-state index in [1.54, 1.807) is 0 Å². The van der Waals surface area contributed by atoms with Crippen molar-refractivity contribution in [2.24, 2.45) is 0 Å². The maximum atomic E-state index is 12.3. The molecule has 1 atom stereocenters. The third-order valence-corrected chi connectivity index (χ3v) is 5.47. The lowest BCUT2D eigenvalue weighted by atomic mass is 9.79. The van der Waals surface area contributed by atoms with Gasteiger partial charge in [0, 0.05) is 16.4 Å². The van der Waals surface area contributed by atoms with Gasteiger partial charge in [0.05, 0.1) is 6.04 Å². The summed E-state index contributed by atoms with van der Waals surface area (Å²) in [7, 11) is 0. The molecule has 2 aliphatic rings. The van der Waals surface area contributed by atoms with E-state index >= 15 is 0 Å². The third kappa shape index (κ3) is 3.32. The quantitative estimate of drug-likeness (QED) is 0.875. The van der Waals surface area contributed by atoms with Crippen molar-refractivity contribution in [1.29, 1.82) is 0 Å². The molecular weight excluding hydrogens is 328 g/mol. The van der Waals surface area contributed by atoms with Crippen molar-refractivity contribution in [3.05, 3.63) is 34.3 Å². The second-order valence-electron chi connectivity index (χ2n) is 6.36. The second kappa shape index (κ2) is 6.49. The summed E-state index contributed by atoms with van der Waals surface area (Å²) in [5.41, 5.74) is 1.48. The molecular formula is C17H23BrN2O. The number of carbonyl (C=O) groups is 1. The minimum absolute atomic E-state index is 0.0194. The predicted molar refractivity (Wildman–Crippen MR) is 88.3 cm³/mol. The van der Waals surface area contributed by atoms with Crippen molar-refractivity contribution in [3.63, 3.8) is 0 Å². The van der Waals surface area contributed by atoms with Crippen LogP contribution < -0.4 is 10.6 Å². The topological polar surface area (TPSA) is 41.1 Å². The first-order chi connectivity index (χ1) is 10.2. The van der Waals surface area contributed by atoms with Crippen LogP contribution in [0.25, 0.3) is 0 Å². The molecule has 1 heterocycles. The number of amides is 1. The molecule has 1 saturated heterocycles. The van der Waals surface area contributed by atoms with Gasteiger partial charge in [-0.3, -0.25) is 4.79 Å². The summed E-state index contributed by atoms with van der Waals surface area (Å²) in [6, 6.07) is 8.60. The summed E-state index contributed by atoms with van der Waals surface area (Å²) >= 11 is 3.57. The Labute approximate surface area is 135 Å². The average Bonchev–Trinajstić information content (AvgIpc) is 3.17. The molecule has 0 radical (unpaired) electrons. The Morgan fingerprint density at radius 3 is 2.81 bits per heavy atom. The van der Waals surface area contributed by atoms with Crippen LogP contribution in [0.4, 0.5) is 0 Å². The molecule has 0 bridgehead atoms. The highest BCUT2D eigenvalue weighted by atomic mass is 79.9. The highest BCUT2D eigenvalue weighted by molar-refractivity contribution is 9.10. The van der Waals surface area contributed by atoms with Crippen molar-refractivity contribution >= 4 is 21.8 Å². The maximum absolute atomic E-state index is 12.3. The van der Waals surface area contributed by atoms with Crippen LogP contribution in [0.3, 0.4) is 0 Å². The molecule has 0 aromatic heterocycles. The van der Waals surface area contributed by atoms with E-state index < -0.39 is 0 Å². The molecule has 3 nitrogen and oxygen atoms in total. The zero-order valence-corrected chi connectivity index (χ0v) is 13.9. The highest BCUT2D eigenvalue weighted by Gasteiger charge is 2.36. The normalized spacial score (nSPS) is 24.1. The number of benzene rings is 1. The molecule has 21 heavy (non-hydrogen) atoms. The van der Waals surface area contributed by atoms with E-state index in [2.05, 4.69) is 50.8 Å². The van der Waals surface area contributed by atoms with Gasteiger partial charge in [0.2, 0.25) is 5.91 Å². The number of halogens is 1. The Hall–Kier alpha value is -0.870. The molecule has 1 aliphatic heterocycles. The molecule has 1 saturated carbocycles. The summed E-state index contributed by atoms with van der Waals surface area (Å²) in [5.74, 6) is 0.175. The van der Waals surface area contributed by atoms with Crippen molar-refractivity contribution in [2.45, 2.75) is 50.0 Å². The first kappa shape index (κ1) is 15.0. The van der Waals surface area contributed by atoms with E-state index in [1.165, 1.54) is 31.2 Å². The van der Waals surface area contributed by atoms with Gasteiger partial charge in [0.15, 0.2) is 0 Å². The molecule has 114 valence electrons. The monoisotopic (exact) mass is 350 g/mol. The average molecular weight is 351 g/mol. The predicted octanol–water partition coefficient (Wildman–Crippen LogP) is 3.13. The van der Waals surface area contributed by atoms with Crippen molar-refractivity contribution in [2.75, 3.05) is 13.1 Å². The zero-order chi connectivity index (χ0) is 14.7. The highest BCUT2D eigenvalue weighted by Crippen LogP contribution is 2.41. The third-order valence-electron chi connectivity index (χ3n) is 4.98. The zero-order valence-electron chi connectivity index (χ0n) is 12.3. The van der Waals surface area contributed by atoms with Gasteiger partial charge in [-0.05, 0) is 49.9 Å². The number of hydrogen-bond donors (Lipinski definition) is 2. The van der Waals surface area contributed by atoms with E-state index in [0.29, 0.717) is 0 Å². The summed E-state index contributed by atoms with van der Waals surface area (Å²) in [4.78, 5) is 12.3. The molecule has 1 aliphatic carbocycles. The van der Waals surface area contributed by atoms with Gasteiger partial charge in [0.1, 0.15) is 0 Å². The number of rotatable bonds is 4. The number of carbonyl (C=O) groups excluding carboxylic acids is 1. The molecule has 2 fully saturated rings. The van der Waals surface area contributed by atoms with Crippen molar-refractivity contribution in [3.8, 4) is 0 Å². The van der Waals surface area contributed by atoms with Gasteiger partial charge in [-0.1, -0.05) is 40.9 Å². The van der Waals surface area contributed by atoms with Crippen LogP contribution >= 0.6 is 15.9 Å². The molecule has 2 N–H and O–H groups in total. The SMILES string of the molecule is O=C(NCC1(c2cccc(Br)c2)CCCC1)C1CCCN1. The Kier molecular flexibility index (Phi) is 4.65. The Morgan fingerprint density at radius 1 is 1.33 bits per heavy atom. The molecule has 1 unspecified atom stereocenters. The molecule has 4 heteroatoms. The minimum atomic E-state index is 0.0194. The first-order valence-electron chi connectivity index (χ1n) is 7.97. The van der Waals surface area contributed by atoms with Crippen LogP contribution in [0, 0.1) is 0 Å². The van der Waals surface area contributed by atoms with Crippen molar-refractivity contribution < 1.29 is 4.79 Å². The fourth-order valence-corrected chi connectivity index (χ4v) is 4.12. The van der Waals surface area contributed by atoms with Crippen molar-refractivity contribution in [1.82, 2.24) is 10.6 Å². The lowest BCUT2D eigenvalue weighted by molar-refractivity contribution is -0.123. The standard InChI is InChI=1S/C17H23BrN2O/c18-14-6-3-5-13(11-14)17(8-1-2-9-17)12-20-16(21)15-7-4-10-19-15/h3,5-6,11,15,19H,1-2,4,7-10,12H2,(H,20,21). The maximum Gasteiger partial charge on any atom is 0.237 e. The Morgan fingerprint density at radius 2 is 2.14 bits per heavy atom. The second-order valence-corrected chi connectivity index (χ2v) is 7.28. The number of hydrogen-bond acceptors (Lipinski definition) is 2. The summed E-state index contributed by atoms with van der Waals surface area (Å²) in [5, 5.41) is 6.48. The van der Waals surface area contributed by atoms with Gasteiger partial charge in [0.25, 0.3) is 0 Å². The molecule has 3 rings (SSSR count). The Bertz CT molecular complexity index is 505. The molecule has 0 spiro atoms. The van der Waals surface area contributed by atoms with E-state index in [4.69, 9.17) is 0 Å². The van der Waals surface area contributed by atoms with Crippen LogP contribution in [0.5, 0.6) is 0 Å².